The van der Waals surface area contributed by atoms with Crippen LogP contribution in [-0.2, 0) is 6.54 Å². The Bertz CT molecular complexity index is 544. The van der Waals surface area contributed by atoms with Crippen molar-refractivity contribution in [2.75, 3.05) is 13.1 Å². The van der Waals surface area contributed by atoms with Gasteiger partial charge in [0.15, 0.2) is 0 Å². The summed E-state index contributed by atoms with van der Waals surface area (Å²) in [6.45, 7) is 5.08. The van der Waals surface area contributed by atoms with Crippen molar-refractivity contribution in [2.45, 2.75) is 25.9 Å². The van der Waals surface area contributed by atoms with Gasteiger partial charge in [0.2, 0.25) is 0 Å². The molecule has 1 aliphatic heterocycles. The van der Waals surface area contributed by atoms with E-state index >= 15 is 0 Å². The quantitative estimate of drug-likeness (QED) is 0.918. The van der Waals surface area contributed by atoms with E-state index < -0.39 is 0 Å². The van der Waals surface area contributed by atoms with E-state index in [-0.39, 0.29) is 0 Å². The monoisotopic (exact) mass is 256 g/mol. The molecular weight excluding hydrogens is 236 g/mol. The molecule has 2 heterocycles. The van der Waals surface area contributed by atoms with E-state index in [4.69, 9.17) is 10.2 Å². The van der Waals surface area contributed by atoms with E-state index in [1.165, 1.54) is 5.56 Å². The second-order valence-electron chi connectivity index (χ2n) is 5.39. The fraction of sp³-hybridized carbons (Fsp3) is 0.375. The first kappa shape index (κ1) is 12.5. The van der Waals surface area contributed by atoms with Gasteiger partial charge < -0.3 is 10.2 Å². The van der Waals surface area contributed by atoms with Gasteiger partial charge in [0.1, 0.15) is 11.5 Å². The normalized spacial score (nSPS) is 20.0. The third-order valence-electron chi connectivity index (χ3n) is 3.69. The molecule has 0 saturated carbocycles. The molecule has 2 aromatic rings. The summed E-state index contributed by atoms with van der Waals surface area (Å²) in [5, 5.41) is 0. The molecule has 0 radical (unpaired) electrons. The van der Waals surface area contributed by atoms with Crippen LogP contribution in [0.25, 0.3) is 11.3 Å². The third-order valence-corrected chi connectivity index (χ3v) is 3.69. The third kappa shape index (κ3) is 2.88. The Balaban J connectivity index is 1.69. The van der Waals surface area contributed by atoms with Crippen molar-refractivity contribution >= 4 is 0 Å². The number of rotatable bonds is 3. The number of nitrogens with two attached hydrogens (primary N) is 1. The summed E-state index contributed by atoms with van der Waals surface area (Å²) in [5.41, 5.74) is 8.40. The highest BCUT2D eigenvalue weighted by Gasteiger charge is 2.18. The van der Waals surface area contributed by atoms with Gasteiger partial charge in [0.25, 0.3) is 0 Å². The molecule has 1 aromatic heterocycles. The molecule has 1 atom stereocenters. The lowest BCUT2D eigenvalue weighted by molar-refractivity contribution is 0.327. The van der Waals surface area contributed by atoms with Crippen LogP contribution in [-0.4, -0.2) is 24.0 Å². The lowest BCUT2D eigenvalue weighted by Crippen LogP contribution is -2.26. The molecule has 100 valence electrons. The maximum Gasteiger partial charge on any atom is 0.134 e. The minimum absolute atomic E-state index is 0.352. The highest BCUT2D eigenvalue weighted by Crippen LogP contribution is 2.23. The second kappa shape index (κ2) is 5.19. The maximum atomic E-state index is 5.93. The smallest absolute Gasteiger partial charge is 0.134 e. The van der Waals surface area contributed by atoms with Crippen molar-refractivity contribution in [3.05, 3.63) is 47.7 Å². The fourth-order valence-corrected chi connectivity index (χ4v) is 2.63. The molecular formula is C16H20N2O. The van der Waals surface area contributed by atoms with Gasteiger partial charge in [-0.3, -0.25) is 4.90 Å². The predicted octanol–water partition coefficient (Wildman–Crippen LogP) is 2.79. The van der Waals surface area contributed by atoms with Crippen LogP contribution in [0.2, 0.25) is 0 Å². The van der Waals surface area contributed by atoms with Crippen molar-refractivity contribution in [1.29, 1.82) is 0 Å². The molecule has 3 nitrogen and oxygen atoms in total. The van der Waals surface area contributed by atoms with E-state index in [1.54, 1.807) is 0 Å². The first-order chi connectivity index (χ1) is 9.20. The average Bonchev–Trinajstić information content (AvgIpc) is 3.00. The van der Waals surface area contributed by atoms with Crippen LogP contribution in [0.5, 0.6) is 0 Å². The van der Waals surface area contributed by atoms with Crippen molar-refractivity contribution < 1.29 is 4.42 Å². The van der Waals surface area contributed by atoms with Crippen molar-refractivity contribution in [3.8, 4) is 11.3 Å². The number of hydrogen-bond acceptors (Lipinski definition) is 3. The Morgan fingerprint density at radius 1 is 1.21 bits per heavy atom. The largest absolute Gasteiger partial charge is 0.461 e. The fourth-order valence-electron chi connectivity index (χ4n) is 2.63. The summed E-state index contributed by atoms with van der Waals surface area (Å²) in [5.74, 6) is 1.89. The van der Waals surface area contributed by atoms with Crippen LogP contribution in [0.4, 0.5) is 0 Å². The summed E-state index contributed by atoms with van der Waals surface area (Å²) < 4.78 is 5.63. The highest BCUT2D eigenvalue weighted by molar-refractivity contribution is 5.57. The molecule has 0 amide bonds. The van der Waals surface area contributed by atoms with Gasteiger partial charge in [-0.15, -0.1) is 0 Å². The number of nitrogens with zero attached hydrogens (tertiary/aromatic N) is 1. The average molecular weight is 256 g/mol. The Morgan fingerprint density at radius 2 is 2.00 bits per heavy atom. The standard InChI is InChI=1S/C16H20N2O/c1-12-2-7-16(19-12)14-5-3-13(4-6-14)10-18-9-8-15(17)11-18/h2-7,15H,8-11,17H2,1H3. The van der Waals surface area contributed by atoms with E-state index in [9.17, 15) is 0 Å². The first-order valence-corrected chi connectivity index (χ1v) is 6.84. The maximum absolute atomic E-state index is 5.93. The van der Waals surface area contributed by atoms with E-state index in [2.05, 4.69) is 29.2 Å². The first-order valence-electron chi connectivity index (χ1n) is 6.84. The number of hydrogen-bond donors (Lipinski definition) is 1. The molecule has 3 rings (SSSR count). The molecule has 2 N–H and O–H groups in total. The lowest BCUT2D eigenvalue weighted by Gasteiger charge is -2.15. The van der Waals surface area contributed by atoms with E-state index in [0.717, 1.165) is 43.1 Å². The number of benzene rings is 1. The van der Waals surface area contributed by atoms with Crippen LogP contribution in [0.15, 0.2) is 40.8 Å². The second-order valence-corrected chi connectivity index (χ2v) is 5.39. The Kier molecular flexibility index (Phi) is 3.40. The molecule has 1 saturated heterocycles. The summed E-state index contributed by atoms with van der Waals surface area (Å²) >= 11 is 0. The molecule has 0 aliphatic carbocycles. The van der Waals surface area contributed by atoms with Gasteiger partial charge in [0, 0.05) is 31.2 Å². The molecule has 1 fully saturated rings. The van der Waals surface area contributed by atoms with E-state index in [1.807, 2.05) is 19.1 Å². The SMILES string of the molecule is Cc1ccc(-c2ccc(CN3CCC(N)C3)cc2)o1. The number of furan rings is 1. The Labute approximate surface area is 114 Å². The number of aryl methyl sites for hydroxylation is 1. The lowest BCUT2D eigenvalue weighted by atomic mass is 10.1. The molecule has 1 aromatic carbocycles. The highest BCUT2D eigenvalue weighted by atomic mass is 16.3. The molecule has 1 aliphatic rings. The van der Waals surface area contributed by atoms with Crippen LogP contribution >= 0.6 is 0 Å². The van der Waals surface area contributed by atoms with Crippen LogP contribution in [0, 0.1) is 6.92 Å². The van der Waals surface area contributed by atoms with Gasteiger partial charge in [-0.25, -0.2) is 0 Å². The molecule has 0 bridgehead atoms. The van der Waals surface area contributed by atoms with Crippen molar-refractivity contribution in [2.24, 2.45) is 5.73 Å². The van der Waals surface area contributed by atoms with Gasteiger partial charge in [-0.05, 0) is 31.0 Å². The molecule has 3 heteroatoms. The van der Waals surface area contributed by atoms with Gasteiger partial charge in [-0.2, -0.15) is 0 Å². The summed E-state index contributed by atoms with van der Waals surface area (Å²) in [4.78, 5) is 2.41. The Hall–Kier alpha value is -1.58. The minimum Gasteiger partial charge on any atom is -0.461 e. The summed E-state index contributed by atoms with van der Waals surface area (Å²) in [6.07, 6.45) is 1.11. The molecule has 0 spiro atoms. The van der Waals surface area contributed by atoms with Gasteiger partial charge in [0.05, 0.1) is 0 Å². The van der Waals surface area contributed by atoms with Gasteiger partial charge in [-0.1, -0.05) is 24.3 Å². The van der Waals surface area contributed by atoms with Crippen LogP contribution in [0.3, 0.4) is 0 Å². The zero-order chi connectivity index (χ0) is 13.2. The Morgan fingerprint density at radius 3 is 2.58 bits per heavy atom. The zero-order valence-corrected chi connectivity index (χ0v) is 11.3. The number of likely N-dealkylation sites (tertiary alicyclic amines) is 1. The van der Waals surface area contributed by atoms with Crippen molar-refractivity contribution in [3.63, 3.8) is 0 Å². The molecule has 1 unspecified atom stereocenters. The topological polar surface area (TPSA) is 42.4 Å². The van der Waals surface area contributed by atoms with Gasteiger partial charge >= 0.3 is 0 Å². The molecule has 19 heavy (non-hydrogen) atoms. The summed E-state index contributed by atoms with van der Waals surface area (Å²) in [6, 6.07) is 13.0. The minimum atomic E-state index is 0.352. The summed E-state index contributed by atoms with van der Waals surface area (Å²) in [7, 11) is 0. The predicted molar refractivity (Wildman–Crippen MR) is 76.8 cm³/mol. The van der Waals surface area contributed by atoms with Crippen LogP contribution in [0.1, 0.15) is 17.7 Å². The van der Waals surface area contributed by atoms with Crippen molar-refractivity contribution in [1.82, 2.24) is 4.90 Å². The zero-order valence-electron chi connectivity index (χ0n) is 11.3. The van der Waals surface area contributed by atoms with E-state index in [0.29, 0.717) is 6.04 Å². The van der Waals surface area contributed by atoms with Crippen LogP contribution < -0.4 is 5.73 Å².